The Hall–Kier alpha value is -1.84. The molecule has 1 saturated carbocycles. The number of amides is 1. The van der Waals surface area contributed by atoms with Gasteiger partial charge in [0.1, 0.15) is 0 Å². The molecule has 4 heteroatoms. The minimum Gasteiger partial charge on any atom is -0.550 e. The van der Waals surface area contributed by atoms with E-state index in [0.717, 1.165) is 0 Å². The monoisotopic (exact) mass is 274 g/mol. The second-order valence-corrected chi connectivity index (χ2v) is 5.38. The number of aliphatic carboxylic acids is 1. The van der Waals surface area contributed by atoms with Crippen molar-refractivity contribution in [2.45, 2.75) is 50.9 Å². The van der Waals surface area contributed by atoms with Crippen molar-refractivity contribution in [2.24, 2.45) is 0 Å². The molecule has 0 radical (unpaired) electrons. The number of carbonyl (C=O) groups excluding carboxylic acids is 2. The Morgan fingerprint density at radius 1 is 1.05 bits per heavy atom. The van der Waals surface area contributed by atoms with E-state index in [1.807, 2.05) is 12.1 Å². The molecule has 0 saturated heterocycles. The Balaban J connectivity index is 1.87. The summed E-state index contributed by atoms with van der Waals surface area (Å²) in [6.07, 6.45) is 6.13. The van der Waals surface area contributed by atoms with Crippen molar-refractivity contribution in [1.82, 2.24) is 0 Å². The van der Waals surface area contributed by atoms with Crippen molar-refractivity contribution in [3.8, 4) is 0 Å². The van der Waals surface area contributed by atoms with E-state index in [1.54, 1.807) is 0 Å². The summed E-state index contributed by atoms with van der Waals surface area (Å²) >= 11 is 0. The lowest BCUT2D eigenvalue weighted by Gasteiger charge is -2.22. The Bertz CT molecular complexity index is 461. The first-order chi connectivity index (χ1) is 9.65. The fraction of sp³-hybridized carbons (Fsp3) is 0.500. The molecule has 1 aromatic rings. The molecule has 1 N–H and O–H groups in total. The summed E-state index contributed by atoms with van der Waals surface area (Å²) < 4.78 is 0. The minimum absolute atomic E-state index is 0.0489. The summed E-state index contributed by atoms with van der Waals surface area (Å²) in [5.74, 6) is -0.848. The fourth-order valence-corrected chi connectivity index (χ4v) is 2.71. The van der Waals surface area contributed by atoms with Gasteiger partial charge in [0, 0.05) is 18.1 Å². The first-order valence-corrected chi connectivity index (χ1v) is 7.25. The van der Waals surface area contributed by atoms with E-state index in [4.69, 9.17) is 0 Å². The molecule has 0 aliphatic heterocycles. The predicted octanol–water partition coefficient (Wildman–Crippen LogP) is 2.20. The highest BCUT2D eigenvalue weighted by Gasteiger charge is 2.15. The minimum atomic E-state index is -1.20. The number of rotatable bonds is 5. The first-order valence-electron chi connectivity index (χ1n) is 7.25. The third-order valence-electron chi connectivity index (χ3n) is 3.83. The summed E-state index contributed by atoms with van der Waals surface area (Å²) in [7, 11) is 0. The Morgan fingerprint density at radius 3 is 2.30 bits per heavy atom. The van der Waals surface area contributed by atoms with Crippen molar-refractivity contribution in [2.75, 3.05) is 5.32 Å². The molecule has 0 unspecified atom stereocenters. The zero-order valence-corrected chi connectivity index (χ0v) is 11.6. The highest BCUT2D eigenvalue weighted by Crippen LogP contribution is 2.32. The summed E-state index contributed by atoms with van der Waals surface area (Å²) in [6.45, 7) is 0. The molecule has 0 spiro atoms. The van der Waals surface area contributed by atoms with Crippen LogP contribution in [0.5, 0.6) is 0 Å². The molecule has 108 valence electrons. The molecule has 0 atom stereocenters. The standard InChI is InChI=1S/C16H21NO3/c18-15(10-11-16(19)20)17-14-8-6-13(7-9-14)12-4-2-1-3-5-12/h6-9,12H,1-5,10-11H2,(H,17,18)(H,19,20)/p-1. The zero-order valence-electron chi connectivity index (χ0n) is 11.6. The normalized spacial score (nSPS) is 15.8. The number of hydrogen-bond donors (Lipinski definition) is 1. The molecule has 1 aromatic carbocycles. The van der Waals surface area contributed by atoms with Gasteiger partial charge in [-0.05, 0) is 42.9 Å². The molecule has 0 aromatic heterocycles. The van der Waals surface area contributed by atoms with Gasteiger partial charge in [-0.15, -0.1) is 0 Å². The third-order valence-corrected chi connectivity index (χ3v) is 3.83. The smallest absolute Gasteiger partial charge is 0.224 e. The van der Waals surface area contributed by atoms with E-state index in [0.29, 0.717) is 11.6 Å². The summed E-state index contributed by atoms with van der Waals surface area (Å²) in [4.78, 5) is 21.8. The van der Waals surface area contributed by atoms with Gasteiger partial charge in [0.05, 0.1) is 0 Å². The zero-order chi connectivity index (χ0) is 14.4. The van der Waals surface area contributed by atoms with Gasteiger partial charge in [-0.25, -0.2) is 0 Å². The largest absolute Gasteiger partial charge is 0.550 e. The molecule has 1 aliphatic rings. The van der Waals surface area contributed by atoms with Crippen molar-refractivity contribution < 1.29 is 14.7 Å². The predicted molar refractivity (Wildman–Crippen MR) is 75.1 cm³/mol. The van der Waals surface area contributed by atoms with Crippen molar-refractivity contribution in [3.63, 3.8) is 0 Å². The Morgan fingerprint density at radius 2 is 1.70 bits per heavy atom. The van der Waals surface area contributed by atoms with Crippen LogP contribution in [0.25, 0.3) is 0 Å². The van der Waals surface area contributed by atoms with E-state index in [1.165, 1.54) is 37.7 Å². The van der Waals surface area contributed by atoms with Crippen molar-refractivity contribution in [1.29, 1.82) is 0 Å². The summed E-state index contributed by atoms with van der Waals surface area (Å²) in [5.41, 5.74) is 2.05. The molecule has 1 fully saturated rings. The average molecular weight is 274 g/mol. The molecule has 2 rings (SSSR count). The number of anilines is 1. The van der Waals surface area contributed by atoms with Gasteiger partial charge in [0.25, 0.3) is 0 Å². The SMILES string of the molecule is O=C([O-])CCC(=O)Nc1ccc(C2CCCCC2)cc1. The molecule has 0 bridgehead atoms. The molecule has 1 aliphatic carbocycles. The van der Waals surface area contributed by atoms with Crippen LogP contribution in [-0.2, 0) is 9.59 Å². The molecule has 20 heavy (non-hydrogen) atoms. The number of hydrogen-bond acceptors (Lipinski definition) is 3. The second-order valence-electron chi connectivity index (χ2n) is 5.38. The van der Waals surface area contributed by atoms with Crippen LogP contribution in [-0.4, -0.2) is 11.9 Å². The molecule has 0 heterocycles. The molecular weight excluding hydrogens is 254 g/mol. The van der Waals surface area contributed by atoms with Crippen LogP contribution in [0.4, 0.5) is 5.69 Å². The third kappa shape index (κ3) is 4.37. The maximum absolute atomic E-state index is 11.5. The topological polar surface area (TPSA) is 69.2 Å². The van der Waals surface area contributed by atoms with Crippen LogP contribution in [0.2, 0.25) is 0 Å². The lowest BCUT2D eigenvalue weighted by Crippen LogP contribution is -2.24. The van der Waals surface area contributed by atoms with Crippen LogP contribution < -0.4 is 10.4 Å². The number of carbonyl (C=O) groups is 2. The van der Waals surface area contributed by atoms with Crippen molar-refractivity contribution in [3.05, 3.63) is 29.8 Å². The Labute approximate surface area is 119 Å². The van der Waals surface area contributed by atoms with E-state index in [9.17, 15) is 14.7 Å². The lowest BCUT2D eigenvalue weighted by molar-refractivity contribution is -0.305. The first kappa shape index (κ1) is 14.6. The van der Waals surface area contributed by atoms with Gasteiger partial charge in [-0.2, -0.15) is 0 Å². The van der Waals surface area contributed by atoms with Crippen LogP contribution in [0.15, 0.2) is 24.3 Å². The fourth-order valence-electron chi connectivity index (χ4n) is 2.71. The summed E-state index contributed by atoms with van der Waals surface area (Å²) in [5, 5.41) is 13.0. The van der Waals surface area contributed by atoms with Gasteiger partial charge in [-0.3, -0.25) is 4.79 Å². The van der Waals surface area contributed by atoms with Crippen LogP contribution in [0.1, 0.15) is 56.4 Å². The maximum atomic E-state index is 11.5. The summed E-state index contributed by atoms with van der Waals surface area (Å²) in [6, 6.07) is 7.90. The van der Waals surface area contributed by atoms with Gasteiger partial charge < -0.3 is 15.2 Å². The highest BCUT2D eigenvalue weighted by atomic mass is 16.4. The van der Waals surface area contributed by atoms with Crippen molar-refractivity contribution >= 4 is 17.6 Å². The van der Waals surface area contributed by atoms with Gasteiger partial charge in [-0.1, -0.05) is 31.4 Å². The maximum Gasteiger partial charge on any atom is 0.224 e. The molecular formula is C16H20NO3-. The number of carboxylic acids is 1. The van der Waals surface area contributed by atoms with E-state index in [-0.39, 0.29) is 18.7 Å². The average Bonchev–Trinajstić information content (AvgIpc) is 2.47. The van der Waals surface area contributed by atoms with E-state index in [2.05, 4.69) is 17.4 Å². The second kappa shape index (κ2) is 7.08. The van der Waals surface area contributed by atoms with Gasteiger partial charge in [0.15, 0.2) is 0 Å². The van der Waals surface area contributed by atoms with Crippen LogP contribution >= 0.6 is 0 Å². The van der Waals surface area contributed by atoms with E-state index < -0.39 is 5.97 Å². The van der Waals surface area contributed by atoms with Gasteiger partial charge in [0.2, 0.25) is 5.91 Å². The highest BCUT2D eigenvalue weighted by molar-refractivity contribution is 5.92. The number of nitrogens with one attached hydrogen (secondary N) is 1. The molecule has 4 nitrogen and oxygen atoms in total. The molecule has 1 amide bonds. The Kier molecular flexibility index (Phi) is 5.16. The number of benzene rings is 1. The van der Waals surface area contributed by atoms with Crippen LogP contribution in [0, 0.1) is 0 Å². The van der Waals surface area contributed by atoms with Gasteiger partial charge >= 0.3 is 0 Å². The van der Waals surface area contributed by atoms with E-state index >= 15 is 0 Å². The number of carboxylic acid groups (broad SMARTS) is 1. The van der Waals surface area contributed by atoms with Crippen LogP contribution in [0.3, 0.4) is 0 Å². The quantitative estimate of drug-likeness (QED) is 0.895. The lowest BCUT2D eigenvalue weighted by atomic mass is 9.84.